The summed E-state index contributed by atoms with van der Waals surface area (Å²) in [6, 6.07) is 0. The minimum absolute atomic E-state index is 0.0142. The summed E-state index contributed by atoms with van der Waals surface area (Å²) in [5.41, 5.74) is 3.39. The van der Waals surface area contributed by atoms with Crippen molar-refractivity contribution in [3.8, 4) is 0 Å². The van der Waals surface area contributed by atoms with Crippen molar-refractivity contribution in [1.29, 1.82) is 0 Å². The van der Waals surface area contributed by atoms with E-state index in [-0.39, 0.29) is 35.7 Å². The molecule has 31 heavy (non-hydrogen) atoms. The maximum absolute atomic E-state index is 12.8. The maximum Gasteiger partial charge on any atom is 0.306 e. The van der Waals surface area contributed by atoms with Crippen LogP contribution in [0.25, 0.3) is 0 Å². The summed E-state index contributed by atoms with van der Waals surface area (Å²) in [7, 11) is 0. The summed E-state index contributed by atoms with van der Waals surface area (Å²) in [5, 5.41) is 0. The van der Waals surface area contributed by atoms with Gasteiger partial charge in [-0.15, -0.1) is 5.73 Å². The maximum atomic E-state index is 12.8. The number of hydrogen-bond acceptors (Lipinski definition) is 3. The topological polar surface area (TPSA) is 43.4 Å². The van der Waals surface area contributed by atoms with Crippen LogP contribution < -0.4 is 0 Å². The quantitative estimate of drug-likeness (QED) is 0.276. The van der Waals surface area contributed by atoms with Gasteiger partial charge in [-0.05, 0) is 92.4 Å². The molecule has 0 aliphatic heterocycles. The molecule has 0 aromatic carbocycles. The lowest BCUT2D eigenvalue weighted by Gasteiger charge is -2.60. The van der Waals surface area contributed by atoms with Gasteiger partial charge in [0.2, 0.25) is 0 Å². The monoisotopic (exact) mass is 426 g/mol. The molecule has 4 aliphatic carbocycles. The number of rotatable bonds is 6. The molecule has 172 valence electrons. The molecule has 0 aromatic rings. The van der Waals surface area contributed by atoms with Gasteiger partial charge in [0, 0.05) is 11.3 Å². The lowest BCUT2D eigenvalue weighted by molar-refractivity contribution is -0.165. The van der Waals surface area contributed by atoms with E-state index < -0.39 is 0 Å². The Labute approximate surface area is 189 Å². The van der Waals surface area contributed by atoms with Crippen LogP contribution in [0.15, 0.2) is 18.4 Å². The first-order valence-electron chi connectivity index (χ1n) is 12.8. The molecule has 0 bridgehead atoms. The summed E-state index contributed by atoms with van der Waals surface area (Å²) < 4.78 is 6.11. The standard InChI is InChI=1S/C28H42O3/c1-5-8-19(2)20(18-29)17-26(30)31-25-13-12-23-22-11-10-21-9-6-7-15-27(21,3)24(22)14-16-28(23,25)4/h8,18-25H,1,6-7,9-17H2,2-4H3/t19?,20?,21?,22-,23-,24-,25?,27-,28-/m0/s1. The lowest BCUT2D eigenvalue weighted by Crippen LogP contribution is -2.53. The van der Waals surface area contributed by atoms with E-state index in [0.717, 1.165) is 30.5 Å². The summed E-state index contributed by atoms with van der Waals surface area (Å²) in [4.78, 5) is 24.3. The first-order valence-corrected chi connectivity index (χ1v) is 12.8. The molecule has 3 nitrogen and oxygen atoms in total. The number of aldehydes is 1. The summed E-state index contributed by atoms with van der Waals surface area (Å²) in [6.45, 7) is 10.5. The predicted octanol–water partition coefficient (Wildman–Crippen LogP) is 6.51. The number of hydrogen-bond donors (Lipinski definition) is 0. The van der Waals surface area contributed by atoms with Crippen molar-refractivity contribution < 1.29 is 14.3 Å². The predicted molar refractivity (Wildman–Crippen MR) is 123 cm³/mol. The molecular formula is C28H42O3. The Kier molecular flexibility index (Phi) is 6.55. The van der Waals surface area contributed by atoms with E-state index in [1.54, 1.807) is 6.08 Å². The fourth-order valence-electron chi connectivity index (χ4n) is 8.51. The molecule has 0 saturated heterocycles. The molecule has 9 atom stereocenters. The van der Waals surface area contributed by atoms with Gasteiger partial charge in [-0.2, -0.15) is 0 Å². The van der Waals surface area contributed by atoms with Crippen molar-refractivity contribution in [3.05, 3.63) is 18.4 Å². The summed E-state index contributed by atoms with van der Waals surface area (Å²) >= 11 is 0. The highest BCUT2D eigenvalue weighted by molar-refractivity contribution is 5.74. The van der Waals surface area contributed by atoms with E-state index in [1.165, 1.54) is 57.8 Å². The van der Waals surface area contributed by atoms with Crippen molar-refractivity contribution in [3.63, 3.8) is 0 Å². The molecule has 0 radical (unpaired) electrons. The van der Waals surface area contributed by atoms with Crippen LogP contribution in [0, 0.1) is 46.3 Å². The van der Waals surface area contributed by atoms with Crippen LogP contribution in [-0.2, 0) is 14.3 Å². The van der Waals surface area contributed by atoms with Crippen molar-refractivity contribution in [2.45, 2.75) is 97.5 Å². The third-order valence-corrected chi connectivity index (χ3v) is 10.4. The number of carbonyl (C=O) groups is 2. The largest absolute Gasteiger partial charge is 0.462 e. The third-order valence-electron chi connectivity index (χ3n) is 10.4. The molecule has 4 rings (SSSR count). The third kappa shape index (κ3) is 3.97. The Morgan fingerprint density at radius 1 is 1.06 bits per heavy atom. The van der Waals surface area contributed by atoms with Crippen molar-refractivity contribution in [2.24, 2.45) is 46.3 Å². The fraction of sp³-hybridized carbons (Fsp3) is 0.821. The fourth-order valence-corrected chi connectivity index (χ4v) is 8.51. The highest BCUT2D eigenvalue weighted by atomic mass is 16.5. The van der Waals surface area contributed by atoms with Crippen LogP contribution in [0.1, 0.15) is 91.4 Å². The van der Waals surface area contributed by atoms with E-state index in [9.17, 15) is 9.59 Å². The Bertz CT molecular complexity index is 737. The van der Waals surface area contributed by atoms with Crippen molar-refractivity contribution >= 4 is 12.3 Å². The van der Waals surface area contributed by atoms with Gasteiger partial charge in [0.15, 0.2) is 0 Å². The Morgan fingerprint density at radius 2 is 1.84 bits per heavy atom. The molecule has 0 N–H and O–H groups in total. The molecule has 0 spiro atoms. The molecule has 0 amide bonds. The van der Waals surface area contributed by atoms with Gasteiger partial charge < -0.3 is 9.53 Å². The highest BCUT2D eigenvalue weighted by Gasteiger charge is 2.60. The van der Waals surface area contributed by atoms with Crippen LogP contribution >= 0.6 is 0 Å². The molecule has 0 aromatic heterocycles. The lowest BCUT2D eigenvalue weighted by atomic mass is 9.45. The molecule has 4 fully saturated rings. The van der Waals surface area contributed by atoms with E-state index in [4.69, 9.17) is 4.74 Å². The first kappa shape index (κ1) is 22.8. The SMILES string of the molecule is C=C=CC(C)C(C=O)CC(=O)OC1CC[C@H]2[C@@H]3CCC4CCCC[C@]4(C)[C@H]3CC[C@]12C. The van der Waals surface area contributed by atoms with Gasteiger partial charge in [-0.25, -0.2) is 0 Å². The number of allylic oxidation sites excluding steroid dienone is 1. The second-order valence-electron chi connectivity index (χ2n) is 11.7. The van der Waals surface area contributed by atoms with Crippen molar-refractivity contribution in [1.82, 2.24) is 0 Å². The first-order chi connectivity index (χ1) is 14.8. The smallest absolute Gasteiger partial charge is 0.306 e. The van der Waals surface area contributed by atoms with Crippen LogP contribution in [-0.4, -0.2) is 18.4 Å². The van der Waals surface area contributed by atoms with Crippen LogP contribution in [0.5, 0.6) is 0 Å². The summed E-state index contributed by atoms with van der Waals surface area (Å²) in [5.74, 6) is 2.69. The zero-order valence-corrected chi connectivity index (χ0v) is 19.9. The zero-order chi connectivity index (χ0) is 22.2. The Hall–Kier alpha value is -1.34. The number of ether oxygens (including phenoxy) is 1. The molecule has 4 aliphatic rings. The number of fused-ring (bicyclic) bond motifs is 5. The minimum atomic E-state index is -0.357. The van der Waals surface area contributed by atoms with E-state index in [1.807, 2.05) is 6.92 Å². The Morgan fingerprint density at radius 3 is 2.58 bits per heavy atom. The average Bonchev–Trinajstić information content (AvgIpc) is 3.07. The van der Waals surface area contributed by atoms with Gasteiger partial charge >= 0.3 is 5.97 Å². The summed E-state index contributed by atoms with van der Waals surface area (Å²) in [6.07, 6.45) is 16.0. The van der Waals surface area contributed by atoms with Crippen LogP contribution in [0.2, 0.25) is 0 Å². The average molecular weight is 427 g/mol. The highest BCUT2D eigenvalue weighted by Crippen LogP contribution is 2.66. The van der Waals surface area contributed by atoms with Crippen LogP contribution in [0.3, 0.4) is 0 Å². The second-order valence-corrected chi connectivity index (χ2v) is 11.7. The molecular weight excluding hydrogens is 384 g/mol. The van der Waals surface area contributed by atoms with Gasteiger partial charge in [0.1, 0.15) is 12.4 Å². The van der Waals surface area contributed by atoms with E-state index in [0.29, 0.717) is 11.3 Å². The molecule has 4 saturated carbocycles. The zero-order valence-electron chi connectivity index (χ0n) is 19.9. The Balaban J connectivity index is 1.43. The minimum Gasteiger partial charge on any atom is -0.462 e. The van der Waals surface area contributed by atoms with Gasteiger partial charge in [0.05, 0.1) is 6.42 Å². The van der Waals surface area contributed by atoms with Gasteiger partial charge in [-0.1, -0.05) is 40.2 Å². The van der Waals surface area contributed by atoms with Crippen LogP contribution in [0.4, 0.5) is 0 Å². The molecule has 4 unspecified atom stereocenters. The van der Waals surface area contributed by atoms with Crippen molar-refractivity contribution in [2.75, 3.05) is 0 Å². The van der Waals surface area contributed by atoms with E-state index in [2.05, 4.69) is 26.2 Å². The van der Waals surface area contributed by atoms with Gasteiger partial charge in [-0.3, -0.25) is 4.79 Å². The molecule has 3 heteroatoms. The van der Waals surface area contributed by atoms with Gasteiger partial charge in [0.25, 0.3) is 0 Å². The van der Waals surface area contributed by atoms with E-state index >= 15 is 0 Å². The second kappa shape index (κ2) is 8.89. The molecule has 0 heterocycles. The number of carbonyl (C=O) groups excluding carboxylic acids is 2. The number of esters is 1. The normalized spacial score (nSPS) is 43.4.